The van der Waals surface area contributed by atoms with Gasteiger partial charge in [0.05, 0.1) is 11.6 Å². The molecule has 0 spiro atoms. The molecule has 2 nitrogen and oxygen atoms in total. The van der Waals surface area contributed by atoms with Crippen LogP contribution >= 0.6 is 23.2 Å². The average Bonchev–Trinajstić information content (AvgIpc) is 2.45. The van der Waals surface area contributed by atoms with E-state index in [1.807, 2.05) is 42.5 Å². The highest BCUT2D eigenvalue weighted by Crippen LogP contribution is 2.27. The fourth-order valence-electron chi connectivity index (χ4n) is 2.21. The van der Waals surface area contributed by atoms with E-state index < -0.39 is 0 Å². The molecule has 0 saturated carbocycles. The predicted octanol–water partition coefficient (Wildman–Crippen LogP) is 4.59. The number of halogens is 2. The number of fused-ring (bicyclic) bond motifs is 1. The number of nitrogens with two attached hydrogens (primary N) is 1. The number of hydrogen-bond acceptors (Lipinski definition) is 2. The molecule has 4 heteroatoms. The molecule has 3 aromatic rings. The lowest BCUT2D eigenvalue weighted by molar-refractivity contribution is 0.867. The van der Waals surface area contributed by atoms with Gasteiger partial charge in [-0.3, -0.25) is 4.98 Å². The van der Waals surface area contributed by atoms with Gasteiger partial charge in [-0.25, -0.2) is 0 Å². The summed E-state index contributed by atoms with van der Waals surface area (Å²) in [5, 5.41) is 2.22. The van der Waals surface area contributed by atoms with Gasteiger partial charge in [-0.05, 0) is 41.5 Å². The Hall–Kier alpha value is -1.61. The number of rotatable bonds is 2. The Kier molecular flexibility index (Phi) is 3.62. The summed E-state index contributed by atoms with van der Waals surface area (Å²) in [6.07, 6.45) is 1.79. The van der Waals surface area contributed by atoms with Crippen molar-refractivity contribution in [1.82, 2.24) is 4.98 Å². The topological polar surface area (TPSA) is 38.9 Å². The van der Waals surface area contributed by atoms with Crippen LogP contribution in [0.3, 0.4) is 0 Å². The summed E-state index contributed by atoms with van der Waals surface area (Å²) >= 11 is 12.0. The second-order valence-electron chi connectivity index (χ2n) is 4.64. The highest BCUT2D eigenvalue weighted by atomic mass is 35.5. The van der Waals surface area contributed by atoms with Crippen LogP contribution in [0.25, 0.3) is 10.9 Å². The van der Waals surface area contributed by atoms with Crippen molar-refractivity contribution in [3.8, 4) is 0 Å². The SMILES string of the molecule is NC(c1cc(Cl)cc(Cl)c1)c1cnc2ccccc2c1. The summed E-state index contributed by atoms with van der Waals surface area (Å²) in [7, 11) is 0. The van der Waals surface area contributed by atoms with Gasteiger partial charge in [0.2, 0.25) is 0 Å². The van der Waals surface area contributed by atoms with E-state index in [2.05, 4.69) is 4.98 Å². The van der Waals surface area contributed by atoms with Crippen molar-refractivity contribution >= 4 is 34.1 Å². The fraction of sp³-hybridized carbons (Fsp3) is 0.0625. The van der Waals surface area contributed by atoms with E-state index in [4.69, 9.17) is 28.9 Å². The molecule has 1 unspecified atom stereocenters. The maximum absolute atomic E-state index is 6.29. The third kappa shape index (κ3) is 2.63. The van der Waals surface area contributed by atoms with Gasteiger partial charge >= 0.3 is 0 Å². The molecule has 0 aliphatic carbocycles. The largest absolute Gasteiger partial charge is 0.320 e. The van der Waals surface area contributed by atoms with Gasteiger partial charge in [-0.15, -0.1) is 0 Å². The minimum absolute atomic E-state index is 0.302. The number of hydrogen-bond donors (Lipinski definition) is 1. The highest BCUT2D eigenvalue weighted by molar-refractivity contribution is 6.34. The number of aromatic nitrogens is 1. The summed E-state index contributed by atoms with van der Waals surface area (Å²) in [6, 6.07) is 15.0. The molecule has 100 valence electrons. The predicted molar refractivity (Wildman–Crippen MR) is 84.2 cm³/mol. The van der Waals surface area contributed by atoms with Crippen molar-refractivity contribution in [3.63, 3.8) is 0 Å². The van der Waals surface area contributed by atoms with Crippen LogP contribution in [0.1, 0.15) is 17.2 Å². The standard InChI is InChI=1S/C16H12Cl2N2/c17-13-6-11(7-14(18)8-13)16(19)12-5-10-3-1-2-4-15(10)20-9-12/h1-9,16H,19H2. The van der Waals surface area contributed by atoms with Crippen LogP contribution in [0.15, 0.2) is 54.7 Å². The molecule has 0 amide bonds. The van der Waals surface area contributed by atoms with Crippen molar-refractivity contribution in [2.45, 2.75) is 6.04 Å². The summed E-state index contributed by atoms with van der Waals surface area (Å²) in [5.41, 5.74) is 9.05. The van der Waals surface area contributed by atoms with Crippen LogP contribution in [0.5, 0.6) is 0 Å². The molecule has 0 fully saturated rings. The fourth-order valence-corrected chi connectivity index (χ4v) is 2.75. The quantitative estimate of drug-likeness (QED) is 0.752. The normalized spacial score (nSPS) is 12.6. The summed E-state index contributed by atoms with van der Waals surface area (Å²) in [4.78, 5) is 4.43. The minimum Gasteiger partial charge on any atom is -0.320 e. The zero-order chi connectivity index (χ0) is 14.1. The molecular weight excluding hydrogens is 291 g/mol. The van der Waals surface area contributed by atoms with Gasteiger partial charge < -0.3 is 5.73 Å². The lowest BCUT2D eigenvalue weighted by Crippen LogP contribution is -2.12. The van der Waals surface area contributed by atoms with Crippen LogP contribution in [0, 0.1) is 0 Å². The van der Waals surface area contributed by atoms with Crippen molar-refractivity contribution in [1.29, 1.82) is 0 Å². The summed E-state index contributed by atoms with van der Waals surface area (Å²) < 4.78 is 0. The zero-order valence-corrected chi connectivity index (χ0v) is 12.1. The molecule has 1 heterocycles. The average molecular weight is 303 g/mol. The number of nitrogens with zero attached hydrogens (tertiary/aromatic N) is 1. The smallest absolute Gasteiger partial charge is 0.0702 e. The Labute approximate surface area is 127 Å². The van der Waals surface area contributed by atoms with Gasteiger partial charge in [0.1, 0.15) is 0 Å². The highest BCUT2D eigenvalue weighted by Gasteiger charge is 2.11. The van der Waals surface area contributed by atoms with Gasteiger partial charge in [-0.1, -0.05) is 41.4 Å². The van der Waals surface area contributed by atoms with Crippen LogP contribution in [-0.4, -0.2) is 4.98 Å². The van der Waals surface area contributed by atoms with Crippen molar-refractivity contribution < 1.29 is 0 Å². The molecule has 3 rings (SSSR count). The molecular formula is C16H12Cl2N2. The monoisotopic (exact) mass is 302 g/mol. The number of benzene rings is 2. The van der Waals surface area contributed by atoms with Gasteiger partial charge in [-0.2, -0.15) is 0 Å². The van der Waals surface area contributed by atoms with Crippen molar-refractivity contribution in [2.24, 2.45) is 5.73 Å². The second-order valence-corrected chi connectivity index (χ2v) is 5.51. The van der Waals surface area contributed by atoms with Gasteiger partial charge in [0.25, 0.3) is 0 Å². The lowest BCUT2D eigenvalue weighted by atomic mass is 10.00. The summed E-state index contributed by atoms with van der Waals surface area (Å²) in [5.74, 6) is 0. The number of para-hydroxylation sites is 1. The van der Waals surface area contributed by atoms with E-state index >= 15 is 0 Å². The Balaban J connectivity index is 2.05. The first-order valence-electron chi connectivity index (χ1n) is 6.20. The molecule has 20 heavy (non-hydrogen) atoms. The Morgan fingerprint density at radius 3 is 2.35 bits per heavy atom. The van der Waals surface area contributed by atoms with E-state index in [1.165, 1.54) is 0 Å². The van der Waals surface area contributed by atoms with Crippen molar-refractivity contribution in [2.75, 3.05) is 0 Å². The van der Waals surface area contributed by atoms with E-state index in [9.17, 15) is 0 Å². The number of pyridine rings is 1. The van der Waals surface area contributed by atoms with Crippen molar-refractivity contribution in [3.05, 3.63) is 75.9 Å². The van der Waals surface area contributed by atoms with Gasteiger partial charge in [0.15, 0.2) is 0 Å². The lowest BCUT2D eigenvalue weighted by Gasteiger charge is -2.13. The molecule has 0 aliphatic rings. The first kappa shape index (κ1) is 13.4. The maximum atomic E-state index is 6.29. The van der Waals surface area contributed by atoms with Crippen LogP contribution in [0.4, 0.5) is 0 Å². The zero-order valence-electron chi connectivity index (χ0n) is 10.6. The molecule has 1 atom stereocenters. The molecule has 0 bridgehead atoms. The molecule has 0 aliphatic heterocycles. The van der Waals surface area contributed by atoms with E-state index in [1.54, 1.807) is 12.3 Å². The minimum atomic E-state index is -0.302. The van der Waals surface area contributed by atoms with E-state index in [0.29, 0.717) is 10.0 Å². The molecule has 0 saturated heterocycles. The molecule has 2 aromatic carbocycles. The Morgan fingerprint density at radius 1 is 0.900 bits per heavy atom. The molecule has 1 aromatic heterocycles. The molecule has 2 N–H and O–H groups in total. The van der Waals surface area contributed by atoms with Gasteiger partial charge in [0, 0.05) is 21.6 Å². The Bertz CT molecular complexity index is 751. The third-order valence-electron chi connectivity index (χ3n) is 3.21. The maximum Gasteiger partial charge on any atom is 0.0702 e. The van der Waals surface area contributed by atoms with Crippen LogP contribution < -0.4 is 5.73 Å². The molecule has 0 radical (unpaired) electrons. The first-order chi connectivity index (χ1) is 9.63. The third-order valence-corrected chi connectivity index (χ3v) is 3.65. The van der Waals surface area contributed by atoms with E-state index in [-0.39, 0.29) is 6.04 Å². The van der Waals surface area contributed by atoms with Crippen LogP contribution in [-0.2, 0) is 0 Å². The van der Waals surface area contributed by atoms with E-state index in [0.717, 1.165) is 22.0 Å². The second kappa shape index (κ2) is 5.41. The Morgan fingerprint density at radius 2 is 1.60 bits per heavy atom. The van der Waals surface area contributed by atoms with Crippen LogP contribution in [0.2, 0.25) is 10.0 Å². The summed E-state index contributed by atoms with van der Waals surface area (Å²) in [6.45, 7) is 0. The first-order valence-corrected chi connectivity index (χ1v) is 6.95.